The SMILES string of the molecule is CC1CC(Oc2cnccc2CNC(C)(C)C)CC(C)O1. The van der Waals surface area contributed by atoms with E-state index in [1.54, 1.807) is 0 Å². The van der Waals surface area contributed by atoms with Gasteiger partial charge in [0.05, 0.1) is 18.4 Å². The molecule has 1 aliphatic rings. The quantitative estimate of drug-likeness (QED) is 0.924. The third kappa shape index (κ3) is 5.29. The Bertz CT molecular complexity index is 446. The Morgan fingerprint density at radius 2 is 1.95 bits per heavy atom. The van der Waals surface area contributed by atoms with Crippen LogP contribution in [0.15, 0.2) is 18.5 Å². The normalized spacial score (nSPS) is 26.6. The molecule has 1 saturated heterocycles. The van der Waals surface area contributed by atoms with Gasteiger partial charge in [0, 0.05) is 36.7 Å². The van der Waals surface area contributed by atoms with Crippen molar-refractivity contribution in [3.05, 3.63) is 24.0 Å². The molecule has 1 aliphatic heterocycles. The van der Waals surface area contributed by atoms with E-state index in [-0.39, 0.29) is 23.9 Å². The summed E-state index contributed by atoms with van der Waals surface area (Å²) in [7, 11) is 0. The first-order valence-electron chi connectivity index (χ1n) is 7.83. The number of pyridine rings is 1. The molecule has 1 aromatic rings. The van der Waals surface area contributed by atoms with Gasteiger partial charge in [-0.25, -0.2) is 0 Å². The molecule has 1 fully saturated rings. The highest BCUT2D eigenvalue weighted by Crippen LogP contribution is 2.26. The third-order valence-corrected chi connectivity index (χ3v) is 3.63. The lowest BCUT2D eigenvalue weighted by molar-refractivity contribution is -0.0723. The van der Waals surface area contributed by atoms with Gasteiger partial charge in [-0.05, 0) is 40.7 Å². The van der Waals surface area contributed by atoms with Crippen LogP contribution in [0.3, 0.4) is 0 Å². The summed E-state index contributed by atoms with van der Waals surface area (Å²) in [5, 5.41) is 3.50. The van der Waals surface area contributed by atoms with Crippen LogP contribution in [0.5, 0.6) is 5.75 Å². The molecule has 4 heteroatoms. The summed E-state index contributed by atoms with van der Waals surface area (Å²) in [4.78, 5) is 4.21. The summed E-state index contributed by atoms with van der Waals surface area (Å²) in [5.41, 5.74) is 1.24. The minimum absolute atomic E-state index is 0.0856. The summed E-state index contributed by atoms with van der Waals surface area (Å²) < 4.78 is 12.0. The maximum Gasteiger partial charge on any atom is 0.142 e. The Balaban J connectivity index is 2.02. The molecule has 0 radical (unpaired) electrons. The van der Waals surface area contributed by atoms with Crippen LogP contribution >= 0.6 is 0 Å². The first-order chi connectivity index (χ1) is 9.83. The van der Waals surface area contributed by atoms with Gasteiger partial charge >= 0.3 is 0 Å². The average Bonchev–Trinajstić information content (AvgIpc) is 2.35. The Hall–Kier alpha value is -1.13. The fourth-order valence-corrected chi connectivity index (χ4v) is 2.64. The molecule has 0 amide bonds. The zero-order chi connectivity index (χ0) is 15.5. The molecule has 0 aromatic carbocycles. The minimum Gasteiger partial charge on any atom is -0.488 e. The molecule has 1 N–H and O–H groups in total. The first kappa shape index (κ1) is 16.2. The second kappa shape index (κ2) is 6.75. The van der Waals surface area contributed by atoms with Crippen molar-refractivity contribution in [2.75, 3.05) is 0 Å². The number of ether oxygens (including phenoxy) is 2. The van der Waals surface area contributed by atoms with E-state index in [0.717, 1.165) is 30.7 Å². The second-order valence-corrected chi connectivity index (χ2v) is 7.06. The molecule has 21 heavy (non-hydrogen) atoms. The van der Waals surface area contributed by atoms with Crippen molar-refractivity contribution in [3.8, 4) is 5.75 Å². The number of rotatable bonds is 4. The van der Waals surface area contributed by atoms with Crippen LogP contribution in [-0.2, 0) is 11.3 Å². The number of nitrogens with one attached hydrogen (secondary N) is 1. The predicted octanol–water partition coefficient (Wildman–Crippen LogP) is 3.30. The van der Waals surface area contributed by atoms with Crippen molar-refractivity contribution in [1.29, 1.82) is 0 Å². The Labute approximate surface area is 128 Å². The van der Waals surface area contributed by atoms with Crippen molar-refractivity contribution in [2.24, 2.45) is 0 Å². The highest BCUT2D eigenvalue weighted by atomic mass is 16.5. The lowest BCUT2D eigenvalue weighted by atomic mass is 10.0. The topological polar surface area (TPSA) is 43.4 Å². The van der Waals surface area contributed by atoms with E-state index < -0.39 is 0 Å². The first-order valence-corrected chi connectivity index (χ1v) is 7.83. The van der Waals surface area contributed by atoms with Crippen LogP contribution in [0, 0.1) is 0 Å². The number of nitrogens with zero attached hydrogens (tertiary/aromatic N) is 1. The van der Waals surface area contributed by atoms with Crippen LogP contribution in [-0.4, -0.2) is 28.8 Å². The number of aromatic nitrogens is 1. The number of hydrogen-bond donors (Lipinski definition) is 1. The molecular formula is C17H28N2O2. The van der Waals surface area contributed by atoms with Crippen molar-refractivity contribution >= 4 is 0 Å². The highest BCUT2D eigenvalue weighted by molar-refractivity contribution is 5.30. The predicted molar refractivity (Wildman–Crippen MR) is 84.5 cm³/mol. The van der Waals surface area contributed by atoms with Crippen LogP contribution in [0.4, 0.5) is 0 Å². The molecular weight excluding hydrogens is 264 g/mol. The lowest BCUT2D eigenvalue weighted by Crippen LogP contribution is -2.37. The van der Waals surface area contributed by atoms with Crippen molar-refractivity contribution in [1.82, 2.24) is 10.3 Å². The fraction of sp³-hybridized carbons (Fsp3) is 0.706. The zero-order valence-electron chi connectivity index (χ0n) is 13.8. The molecule has 1 aromatic heterocycles. The van der Waals surface area contributed by atoms with Gasteiger partial charge in [0.25, 0.3) is 0 Å². The standard InChI is InChI=1S/C17H28N2O2/c1-12-8-15(9-13(2)20-12)21-16-11-18-7-6-14(16)10-19-17(3,4)5/h6-7,11-13,15,19H,8-10H2,1-5H3. The van der Waals surface area contributed by atoms with Crippen LogP contribution in [0.1, 0.15) is 53.0 Å². The molecule has 2 rings (SSSR count). The van der Waals surface area contributed by atoms with E-state index in [0.29, 0.717) is 0 Å². The molecule has 118 valence electrons. The summed E-state index contributed by atoms with van der Waals surface area (Å²) in [6, 6.07) is 2.03. The van der Waals surface area contributed by atoms with Crippen LogP contribution < -0.4 is 10.1 Å². The van der Waals surface area contributed by atoms with Gasteiger partial charge in [0.2, 0.25) is 0 Å². The molecule has 0 spiro atoms. The molecule has 0 aliphatic carbocycles. The Morgan fingerprint density at radius 3 is 2.57 bits per heavy atom. The summed E-state index contributed by atoms with van der Waals surface area (Å²) in [6.07, 6.45) is 6.24. The van der Waals surface area contributed by atoms with Crippen molar-refractivity contribution in [2.45, 2.75) is 77.9 Å². The van der Waals surface area contributed by atoms with E-state index in [9.17, 15) is 0 Å². The average molecular weight is 292 g/mol. The minimum atomic E-state index is 0.0856. The van der Waals surface area contributed by atoms with Crippen LogP contribution in [0.2, 0.25) is 0 Å². The zero-order valence-corrected chi connectivity index (χ0v) is 13.8. The van der Waals surface area contributed by atoms with Gasteiger partial charge in [-0.15, -0.1) is 0 Å². The maximum absolute atomic E-state index is 6.21. The largest absolute Gasteiger partial charge is 0.488 e. The molecule has 4 nitrogen and oxygen atoms in total. The summed E-state index contributed by atoms with van der Waals surface area (Å²) in [6.45, 7) is 11.5. The highest BCUT2D eigenvalue weighted by Gasteiger charge is 2.26. The van der Waals surface area contributed by atoms with E-state index in [1.807, 2.05) is 18.5 Å². The van der Waals surface area contributed by atoms with Crippen molar-refractivity contribution in [3.63, 3.8) is 0 Å². The summed E-state index contributed by atoms with van der Waals surface area (Å²) in [5.74, 6) is 0.889. The smallest absolute Gasteiger partial charge is 0.142 e. The molecule has 2 atom stereocenters. The fourth-order valence-electron chi connectivity index (χ4n) is 2.64. The monoisotopic (exact) mass is 292 g/mol. The lowest BCUT2D eigenvalue weighted by Gasteiger charge is -2.32. The van der Waals surface area contributed by atoms with Gasteiger partial charge in [0.15, 0.2) is 0 Å². The molecule has 2 heterocycles. The number of hydrogen-bond acceptors (Lipinski definition) is 4. The molecule has 0 bridgehead atoms. The van der Waals surface area contributed by atoms with E-state index in [1.165, 1.54) is 0 Å². The van der Waals surface area contributed by atoms with Gasteiger partial charge in [0.1, 0.15) is 11.9 Å². The second-order valence-electron chi connectivity index (χ2n) is 7.06. The third-order valence-electron chi connectivity index (χ3n) is 3.63. The Kier molecular flexibility index (Phi) is 5.22. The maximum atomic E-state index is 6.21. The van der Waals surface area contributed by atoms with E-state index in [2.05, 4.69) is 44.9 Å². The summed E-state index contributed by atoms with van der Waals surface area (Å²) >= 11 is 0. The molecule has 0 saturated carbocycles. The van der Waals surface area contributed by atoms with Crippen LogP contribution in [0.25, 0.3) is 0 Å². The van der Waals surface area contributed by atoms with Gasteiger partial charge in [-0.2, -0.15) is 0 Å². The van der Waals surface area contributed by atoms with E-state index >= 15 is 0 Å². The van der Waals surface area contributed by atoms with E-state index in [4.69, 9.17) is 9.47 Å². The van der Waals surface area contributed by atoms with Gasteiger partial charge in [-0.3, -0.25) is 4.98 Å². The van der Waals surface area contributed by atoms with Gasteiger partial charge in [-0.1, -0.05) is 0 Å². The Morgan fingerprint density at radius 1 is 1.29 bits per heavy atom. The molecule has 2 unspecified atom stereocenters. The van der Waals surface area contributed by atoms with Crippen molar-refractivity contribution < 1.29 is 9.47 Å². The van der Waals surface area contributed by atoms with Gasteiger partial charge < -0.3 is 14.8 Å².